The SMILES string of the molecule is N#CCc1ccccc1OCC(F)F. The summed E-state index contributed by atoms with van der Waals surface area (Å²) in [6, 6.07) is 8.63. The lowest BCUT2D eigenvalue weighted by molar-refractivity contribution is 0.0815. The highest BCUT2D eigenvalue weighted by Gasteiger charge is 2.06. The summed E-state index contributed by atoms with van der Waals surface area (Å²) in [5.74, 6) is 0.356. The number of rotatable bonds is 4. The Hall–Kier alpha value is -1.63. The molecule has 0 spiro atoms. The monoisotopic (exact) mass is 197 g/mol. The minimum absolute atomic E-state index is 0.166. The van der Waals surface area contributed by atoms with E-state index in [1.54, 1.807) is 24.3 Å². The predicted octanol–water partition coefficient (Wildman–Crippen LogP) is 2.40. The number of benzene rings is 1. The molecule has 0 fully saturated rings. The summed E-state index contributed by atoms with van der Waals surface area (Å²) in [6.07, 6.45) is -2.33. The van der Waals surface area contributed by atoms with E-state index in [1.165, 1.54) is 0 Å². The van der Waals surface area contributed by atoms with Crippen LogP contribution in [0.25, 0.3) is 0 Å². The number of halogens is 2. The second-order valence-electron chi connectivity index (χ2n) is 2.64. The molecule has 0 aromatic heterocycles. The van der Waals surface area contributed by atoms with Crippen molar-refractivity contribution in [3.05, 3.63) is 29.8 Å². The molecule has 0 aliphatic heterocycles. The van der Waals surface area contributed by atoms with E-state index in [2.05, 4.69) is 0 Å². The van der Waals surface area contributed by atoms with Gasteiger partial charge in [0.05, 0.1) is 12.5 Å². The van der Waals surface area contributed by atoms with E-state index in [0.717, 1.165) is 0 Å². The van der Waals surface area contributed by atoms with Crippen LogP contribution in [0.15, 0.2) is 24.3 Å². The summed E-state index contributed by atoms with van der Waals surface area (Å²) in [6.45, 7) is -0.636. The lowest BCUT2D eigenvalue weighted by atomic mass is 10.1. The van der Waals surface area contributed by atoms with Gasteiger partial charge in [0, 0.05) is 5.56 Å². The zero-order chi connectivity index (χ0) is 10.4. The molecular formula is C10H9F2NO. The summed E-state index contributed by atoms with van der Waals surface area (Å²) in [4.78, 5) is 0. The lowest BCUT2D eigenvalue weighted by Crippen LogP contribution is -2.08. The second-order valence-corrected chi connectivity index (χ2v) is 2.64. The first-order valence-corrected chi connectivity index (χ1v) is 4.10. The fraction of sp³-hybridized carbons (Fsp3) is 0.300. The lowest BCUT2D eigenvalue weighted by Gasteiger charge is -2.08. The molecule has 2 nitrogen and oxygen atoms in total. The molecule has 0 heterocycles. The van der Waals surface area contributed by atoms with Gasteiger partial charge in [-0.1, -0.05) is 18.2 Å². The molecule has 0 bridgehead atoms. The van der Waals surface area contributed by atoms with Crippen molar-refractivity contribution in [1.82, 2.24) is 0 Å². The maximum Gasteiger partial charge on any atom is 0.272 e. The molecule has 14 heavy (non-hydrogen) atoms. The van der Waals surface area contributed by atoms with Gasteiger partial charge in [-0.15, -0.1) is 0 Å². The molecule has 1 aromatic rings. The predicted molar refractivity (Wildman–Crippen MR) is 47.3 cm³/mol. The molecule has 0 aliphatic rings. The minimum atomic E-state index is -2.50. The summed E-state index contributed by atoms with van der Waals surface area (Å²) < 4.78 is 28.5. The van der Waals surface area contributed by atoms with E-state index >= 15 is 0 Å². The summed E-state index contributed by atoms with van der Waals surface area (Å²) in [7, 11) is 0. The number of para-hydroxylation sites is 1. The van der Waals surface area contributed by atoms with Crippen molar-refractivity contribution in [2.75, 3.05) is 6.61 Å². The third-order valence-corrected chi connectivity index (χ3v) is 1.61. The number of alkyl halides is 2. The van der Waals surface area contributed by atoms with Crippen molar-refractivity contribution < 1.29 is 13.5 Å². The van der Waals surface area contributed by atoms with Crippen molar-refractivity contribution in [2.24, 2.45) is 0 Å². The minimum Gasteiger partial charge on any atom is -0.487 e. The smallest absolute Gasteiger partial charge is 0.272 e. The fourth-order valence-electron chi connectivity index (χ4n) is 1.03. The molecule has 0 saturated heterocycles. The Morgan fingerprint density at radius 1 is 1.36 bits per heavy atom. The van der Waals surface area contributed by atoms with Crippen LogP contribution in [0.4, 0.5) is 8.78 Å². The van der Waals surface area contributed by atoms with Gasteiger partial charge in [-0.05, 0) is 6.07 Å². The fourth-order valence-corrected chi connectivity index (χ4v) is 1.03. The van der Waals surface area contributed by atoms with Crippen LogP contribution in [0.2, 0.25) is 0 Å². The van der Waals surface area contributed by atoms with E-state index in [1.807, 2.05) is 6.07 Å². The Morgan fingerprint density at radius 2 is 2.07 bits per heavy atom. The van der Waals surface area contributed by atoms with Gasteiger partial charge >= 0.3 is 0 Å². The van der Waals surface area contributed by atoms with Gasteiger partial charge in [0.1, 0.15) is 12.4 Å². The zero-order valence-corrected chi connectivity index (χ0v) is 7.41. The molecule has 0 unspecified atom stereocenters. The zero-order valence-electron chi connectivity index (χ0n) is 7.41. The van der Waals surface area contributed by atoms with Crippen molar-refractivity contribution in [3.8, 4) is 11.8 Å². The second kappa shape index (κ2) is 5.18. The van der Waals surface area contributed by atoms with Crippen LogP contribution in [0.5, 0.6) is 5.75 Å². The Bertz CT molecular complexity index is 333. The highest BCUT2D eigenvalue weighted by Crippen LogP contribution is 2.18. The maximum atomic E-state index is 11.8. The highest BCUT2D eigenvalue weighted by molar-refractivity contribution is 5.35. The Labute approximate surface area is 80.7 Å². The van der Waals surface area contributed by atoms with Crippen LogP contribution in [-0.4, -0.2) is 13.0 Å². The van der Waals surface area contributed by atoms with Crippen LogP contribution < -0.4 is 4.74 Å². The topological polar surface area (TPSA) is 33.0 Å². The molecule has 0 aliphatic carbocycles. The van der Waals surface area contributed by atoms with Gasteiger partial charge in [-0.3, -0.25) is 0 Å². The third-order valence-electron chi connectivity index (χ3n) is 1.61. The van der Waals surface area contributed by atoms with Gasteiger partial charge in [0.2, 0.25) is 0 Å². The Kier molecular flexibility index (Phi) is 3.86. The van der Waals surface area contributed by atoms with Crippen LogP contribution in [0, 0.1) is 11.3 Å². The first kappa shape index (κ1) is 10.5. The van der Waals surface area contributed by atoms with Crippen molar-refractivity contribution >= 4 is 0 Å². The van der Waals surface area contributed by atoms with E-state index < -0.39 is 13.0 Å². The molecule has 0 N–H and O–H groups in total. The van der Waals surface area contributed by atoms with Crippen molar-refractivity contribution in [1.29, 1.82) is 5.26 Å². The molecule has 1 rings (SSSR count). The van der Waals surface area contributed by atoms with E-state index in [4.69, 9.17) is 10.00 Å². The Morgan fingerprint density at radius 3 is 2.71 bits per heavy atom. The van der Waals surface area contributed by atoms with Gasteiger partial charge < -0.3 is 4.74 Å². The first-order valence-electron chi connectivity index (χ1n) is 4.10. The van der Waals surface area contributed by atoms with Crippen LogP contribution >= 0.6 is 0 Å². The van der Waals surface area contributed by atoms with Crippen LogP contribution in [0.3, 0.4) is 0 Å². The molecule has 0 radical (unpaired) electrons. The van der Waals surface area contributed by atoms with E-state index in [-0.39, 0.29) is 6.42 Å². The number of nitriles is 1. The third kappa shape index (κ3) is 3.02. The van der Waals surface area contributed by atoms with Crippen molar-refractivity contribution in [2.45, 2.75) is 12.8 Å². The molecule has 0 atom stereocenters. The number of hydrogen-bond acceptors (Lipinski definition) is 2. The van der Waals surface area contributed by atoms with Gasteiger partial charge in [0.15, 0.2) is 0 Å². The normalized spacial score (nSPS) is 9.86. The largest absolute Gasteiger partial charge is 0.487 e. The summed E-state index contributed by atoms with van der Waals surface area (Å²) in [5, 5.41) is 8.47. The molecular weight excluding hydrogens is 188 g/mol. The maximum absolute atomic E-state index is 11.8. The van der Waals surface area contributed by atoms with Crippen LogP contribution in [0.1, 0.15) is 5.56 Å². The average Bonchev–Trinajstić information content (AvgIpc) is 2.17. The number of nitrogens with zero attached hydrogens (tertiary/aromatic N) is 1. The molecule has 0 saturated carbocycles. The molecule has 0 amide bonds. The highest BCUT2D eigenvalue weighted by atomic mass is 19.3. The summed E-state index contributed by atoms with van der Waals surface area (Å²) in [5.41, 5.74) is 0.635. The number of ether oxygens (including phenoxy) is 1. The molecule has 1 aromatic carbocycles. The quantitative estimate of drug-likeness (QED) is 0.742. The van der Waals surface area contributed by atoms with Gasteiger partial charge in [-0.25, -0.2) is 8.78 Å². The molecule has 4 heteroatoms. The van der Waals surface area contributed by atoms with Crippen LogP contribution in [-0.2, 0) is 6.42 Å². The van der Waals surface area contributed by atoms with Gasteiger partial charge in [0.25, 0.3) is 6.43 Å². The molecule has 74 valence electrons. The first-order chi connectivity index (χ1) is 6.74. The average molecular weight is 197 g/mol. The van der Waals surface area contributed by atoms with Crippen molar-refractivity contribution in [3.63, 3.8) is 0 Å². The van der Waals surface area contributed by atoms with E-state index in [0.29, 0.717) is 11.3 Å². The number of hydrogen-bond donors (Lipinski definition) is 0. The standard InChI is InChI=1S/C10H9F2NO/c11-10(12)7-14-9-4-2-1-3-8(9)5-6-13/h1-4,10H,5,7H2. The Balaban J connectivity index is 2.70. The van der Waals surface area contributed by atoms with E-state index in [9.17, 15) is 8.78 Å². The summed E-state index contributed by atoms with van der Waals surface area (Å²) >= 11 is 0. The van der Waals surface area contributed by atoms with Gasteiger partial charge in [-0.2, -0.15) is 5.26 Å².